The number of nitrogens with one attached hydrogen (secondary N) is 2. The summed E-state index contributed by atoms with van der Waals surface area (Å²) in [5.74, 6) is -1.57. The zero-order valence-electron chi connectivity index (χ0n) is 12.7. The summed E-state index contributed by atoms with van der Waals surface area (Å²) in [7, 11) is 0. The Morgan fingerprint density at radius 3 is 2.54 bits per heavy atom. The maximum atomic E-state index is 12.5. The van der Waals surface area contributed by atoms with Gasteiger partial charge in [0.25, 0.3) is 0 Å². The summed E-state index contributed by atoms with van der Waals surface area (Å²) in [5.41, 5.74) is -2.03. The van der Waals surface area contributed by atoms with E-state index in [2.05, 4.69) is 20.6 Å². The molecular weight excluding hydrogens is 329 g/mol. The van der Waals surface area contributed by atoms with E-state index in [0.29, 0.717) is 12.8 Å². The zero-order valence-corrected chi connectivity index (χ0v) is 12.7. The van der Waals surface area contributed by atoms with E-state index in [4.69, 9.17) is 5.11 Å². The lowest BCUT2D eigenvalue weighted by Gasteiger charge is -2.36. The summed E-state index contributed by atoms with van der Waals surface area (Å²) in [6.45, 7) is 0.237. The van der Waals surface area contributed by atoms with Gasteiger partial charge in [0.2, 0.25) is 11.9 Å². The van der Waals surface area contributed by atoms with Crippen molar-refractivity contribution in [2.24, 2.45) is 5.41 Å². The van der Waals surface area contributed by atoms with Crippen LogP contribution in [0.15, 0.2) is 12.3 Å². The van der Waals surface area contributed by atoms with Gasteiger partial charge in [0.05, 0.1) is 5.41 Å². The van der Waals surface area contributed by atoms with Crippen molar-refractivity contribution in [2.75, 3.05) is 18.4 Å². The minimum absolute atomic E-state index is 0.0948. The SMILES string of the molecule is O=C(CC1(C(=O)O)CCC1)NCCNc1nccc(C(F)(F)F)n1. The van der Waals surface area contributed by atoms with Gasteiger partial charge in [-0.05, 0) is 18.9 Å². The highest BCUT2D eigenvalue weighted by molar-refractivity contribution is 5.85. The number of rotatable bonds is 7. The lowest BCUT2D eigenvalue weighted by molar-refractivity contribution is -0.157. The number of carbonyl (C=O) groups is 2. The van der Waals surface area contributed by atoms with Crippen LogP contribution in [0.5, 0.6) is 0 Å². The normalized spacial score (nSPS) is 16.1. The fourth-order valence-electron chi connectivity index (χ4n) is 2.42. The van der Waals surface area contributed by atoms with Crippen molar-refractivity contribution >= 4 is 17.8 Å². The number of hydrogen-bond donors (Lipinski definition) is 3. The van der Waals surface area contributed by atoms with Crippen LogP contribution in [0.1, 0.15) is 31.4 Å². The first-order valence-electron chi connectivity index (χ1n) is 7.37. The minimum Gasteiger partial charge on any atom is -0.481 e. The van der Waals surface area contributed by atoms with Crippen molar-refractivity contribution in [3.8, 4) is 0 Å². The van der Waals surface area contributed by atoms with Crippen molar-refractivity contribution in [3.63, 3.8) is 0 Å². The van der Waals surface area contributed by atoms with E-state index in [0.717, 1.165) is 18.7 Å². The number of nitrogens with zero attached hydrogens (tertiary/aromatic N) is 2. The van der Waals surface area contributed by atoms with Gasteiger partial charge in [-0.3, -0.25) is 9.59 Å². The standard InChI is InChI=1S/C14H17F3N4O3/c15-14(16,17)9-2-5-19-12(21-9)20-7-6-18-10(22)8-13(11(23)24)3-1-4-13/h2,5H,1,3-4,6-8H2,(H,18,22)(H,23,24)(H,19,20,21). The van der Waals surface area contributed by atoms with E-state index < -0.39 is 29.2 Å². The van der Waals surface area contributed by atoms with Crippen molar-refractivity contribution < 1.29 is 27.9 Å². The fraction of sp³-hybridized carbons (Fsp3) is 0.571. The van der Waals surface area contributed by atoms with E-state index in [1.54, 1.807) is 0 Å². The maximum Gasteiger partial charge on any atom is 0.433 e. The van der Waals surface area contributed by atoms with Crippen molar-refractivity contribution in [2.45, 2.75) is 31.9 Å². The van der Waals surface area contributed by atoms with Gasteiger partial charge >= 0.3 is 12.1 Å². The Balaban J connectivity index is 1.75. The molecule has 0 spiro atoms. The molecule has 24 heavy (non-hydrogen) atoms. The molecule has 1 aromatic rings. The number of carboxylic acids is 1. The van der Waals surface area contributed by atoms with Gasteiger partial charge in [-0.15, -0.1) is 0 Å². The fourth-order valence-corrected chi connectivity index (χ4v) is 2.42. The average molecular weight is 346 g/mol. The molecule has 0 aromatic carbocycles. The Kier molecular flexibility index (Phi) is 5.25. The molecule has 1 aromatic heterocycles. The monoisotopic (exact) mass is 346 g/mol. The molecule has 1 heterocycles. The second-order valence-corrected chi connectivity index (χ2v) is 5.66. The molecule has 1 saturated carbocycles. The second kappa shape index (κ2) is 7.02. The summed E-state index contributed by atoms with van der Waals surface area (Å²) < 4.78 is 37.5. The van der Waals surface area contributed by atoms with Crippen LogP contribution in [0.4, 0.5) is 19.1 Å². The van der Waals surface area contributed by atoms with Crippen molar-refractivity contribution in [1.82, 2.24) is 15.3 Å². The first-order valence-corrected chi connectivity index (χ1v) is 7.37. The molecule has 1 amide bonds. The van der Waals surface area contributed by atoms with Gasteiger partial charge in [-0.2, -0.15) is 13.2 Å². The highest BCUT2D eigenvalue weighted by Gasteiger charge is 2.45. The molecular formula is C14H17F3N4O3. The number of carbonyl (C=O) groups excluding carboxylic acids is 1. The van der Waals surface area contributed by atoms with Crippen LogP contribution in [0.3, 0.4) is 0 Å². The Hall–Kier alpha value is -2.39. The molecule has 3 N–H and O–H groups in total. The minimum atomic E-state index is -4.55. The number of aliphatic carboxylic acids is 1. The van der Waals surface area contributed by atoms with Gasteiger partial charge in [0, 0.05) is 25.7 Å². The van der Waals surface area contributed by atoms with E-state index in [-0.39, 0.29) is 25.5 Å². The van der Waals surface area contributed by atoms with Crippen LogP contribution in [0, 0.1) is 5.41 Å². The zero-order chi connectivity index (χ0) is 17.8. The van der Waals surface area contributed by atoms with Gasteiger partial charge in [0.1, 0.15) is 5.69 Å². The van der Waals surface area contributed by atoms with Crippen LogP contribution in [0.25, 0.3) is 0 Å². The molecule has 7 nitrogen and oxygen atoms in total. The summed E-state index contributed by atoms with van der Waals surface area (Å²) in [5, 5.41) is 14.3. The highest BCUT2D eigenvalue weighted by atomic mass is 19.4. The van der Waals surface area contributed by atoms with Crippen LogP contribution in [-0.4, -0.2) is 40.0 Å². The molecule has 0 unspecified atom stereocenters. The Labute approximate surface area is 135 Å². The number of anilines is 1. The van der Waals surface area contributed by atoms with Crippen molar-refractivity contribution in [3.05, 3.63) is 18.0 Å². The van der Waals surface area contributed by atoms with Crippen LogP contribution >= 0.6 is 0 Å². The van der Waals surface area contributed by atoms with Crippen LogP contribution in [-0.2, 0) is 15.8 Å². The molecule has 10 heteroatoms. The van der Waals surface area contributed by atoms with E-state index >= 15 is 0 Å². The molecule has 0 aliphatic heterocycles. The Morgan fingerprint density at radius 1 is 1.29 bits per heavy atom. The molecule has 2 rings (SSSR count). The number of alkyl halides is 3. The van der Waals surface area contributed by atoms with Gasteiger partial charge in [-0.1, -0.05) is 6.42 Å². The third-order valence-electron chi connectivity index (χ3n) is 3.94. The van der Waals surface area contributed by atoms with Crippen molar-refractivity contribution in [1.29, 1.82) is 0 Å². The van der Waals surface area contributed by atoms with E-state index in [9.17, 15) is 22.8 Å². The largest absolute Gasteiger partial charge is 0.481 e. The molecule has 0 saturated heterocycles. The van der Waals surface area contributed by atoms with Gasteiger partial charge in [0.15, 0.2) is 0 Å². The third kappa shape index (κ3) is 4.33. The number of hydrogen-bond acceptors (Lipinski definition) is 5. The smallest absolute Gasteiger partial charge is 0.433 e. The molecule has 132 valence electrons. The maximum absolute atomic E-state index is 12.5. The third-order valence-corrected chi connectivity index (χ3v) is 3.94. The molecule has 0 atom stereocenters. The summed E-state index contributed by atoms with van der Waals surface area (Å²) >= 11 is 0. The summed E-state index contributed by atoms with van der Waals surface area (Å²) in [4.78, 5) is 29.9. The Bertz CT molecular complexity index is 618. The first kappa shape index (κ1) is 18.0. The van der Waals surface area contributed by atoms with Gasteiger partial charge < -0.3 is 15.7 Å². The summed E-state index contributed by atoms with van der Waals surface area (Å²) in [6.07, 6.45) is -1.92. The molecule has 1 fully saturated rings. The molecule has 1 aliphatic rings. The number of aromatic nitrogens is 2. The van der Waals surface area contributed by atoms with Crippen LogP contribution in [0.2, 0.25) is 0 Å². The Morgan fingerprint density at radius 2 is 2.00 bits per heavy atom. The van der Waals surface area contributed by atoms with E-state index in [1.165, 1.54) is 0 Å². The second-order valence-electron chi connectivity index (χ2n) is 5.66. The predicted molar refractivity (Wildman–Crippen MR) is 77.1 cm³/mol. The van der Waals surface area contributed by atoms with E-state index in [1.807, 2.05) is 0 Å². The average Bonchev–Trinajstić information content (AvgIpc) is 2.46. The summed E-state index contributed by atoms with van der Waals surface area (Å²) in [6, 6.07) is 0.761. The quantitative estimate of drug-likeness (QED) is 0.649. The number of carboxylic acid groups (broad SMARTS) is 1. The van der Waals surface area contributed by atoms with Crippen LogP contribution < -0.4 is 10.6 Å². The number of amides is 1. The lowest BCUT2D eigenvalue weighted by atomic mass is 9.66. The number of halogens is 3. The predicted octanol–water partition coefficient (Wildman–Crippen LogP) is 1.67. The molecule has 1 aliphatic carbocycles. The molecule has 0 radical (unpaired) electrons. The molecule has 0 bridgehead atoms. The lowest BCUT2D eigenvalue weighted by Crippen LogP contribution is -2.43. The topological polar surface area (TPSA) is 104 Å². The van der Waals surface area contributed by atoms with Gasteiger partial charge in [-0.25, -0.2) is 9.97 Å². The first-order chi connectivity index (χ1) is 11.2. The highest BCUT2D eigenvalue weighted by Crippen LogP contribution is 2.44.